The minimum Gasteiger partial charge on any atom is -0.271 e. The summed E-state index contributed by atoms with van der Waals surface area (Å²) in [5.41, 5.74) is 3.31. The molecule has 0 radical (unpaired) electrons. The molecule has 1 N–H and O–H groups in total. The number of rotatable bonds is 4. The van der Waals surface area contributed by atoms with Crippen molar-refractivity contribution in [1.29, 1.82) is 0 Å². The zero-order valence-electron chi connectivity index (χ0n) is 9.32. The minimum absolute atomic E-state index is 0.0906. The highest BCUT2D eigenvalue weighted by Crippen LogP contribution is 2.13. The standard InChI is InChI=1S/C11H10BrN5O/c12-10-4-2-1-3-9(10)5-14-16-11(18)6-17-8-13-7-15-17/h1-5,7-8H,6H2,(H,16,18)/b14-5+. The Morgan fingerprint density at radius 1 is 1.50 bits per heavy atom. The zero-order valence-corrected chi connectivity index (χ0v) is 10.9. The second kappa shape index (κ2) is 6.06. The second-order valence-electron chi connectivity index (χ2n) is 3.41. The first kappa shape index (κ1) is 12.4. The van der Waals surface area contributed by atoms with Gasteiger partial charge in [-0.15, -0.1) is 0 Å². The maximum atomic E-state index is 11.5. The molecule has 2 aromatic rings. The fraction of sp³-hybridized carbons (Fsp3) is 0.0909. The van der Waals surface area contributed by atoms with E-state index in [1.165, 1.54) is 17.3 Å². The van der Waals surface area contributed by atoms with Gasteiger partial charge < -0.3 is 0 Å². The van der Waals surface area contributed by atoms with Crippen LogP contribution in [-0.4, -0.2) is 26.9 Å². The molecule has 1 amide bonds. The predicted octanol–water partition coefficient (Wildman–Crippen LogP) is 1.19. The number of benzene rings is 1. The van der Waals surface area contributed by atoms with E-state index in [0.717, 1.165) is 10.0 Å². The van der Waals surface area contributed by atoms with Gasteiger partial charge in [0.05, 0.1) is 6.21 Å². The summed E-state index contributed by atoms with van der Waals surface area (Å²) in [6.07, 6.45) is 4.41. The third-order valence-electron chi connectivity index (χ3n) is 2.07. The minimum atomic E-state index is -0.260. The number of hydrogen-bond acceptors (Lipinski definition) is 4. The quantitative estimate of drug-likeness (QED) is 0.681. The molecule has 1 aromatic heterocycles. The van der Waals surface area contributed by atoms with Crippen molar-refractivity contribution in [2.75, 3.05) is 0 Å². The maximum absolute atomic E-state index is 11.5. The molecule has 2 rings (SSSR count). The number of amides is 1. The van der Waals surface area contributed by atoms with Crippen LogP contribution in [0.4, 0.5) is 0 Å². The van der Waals surface area contributed by atoms with Crippen LogP contribution in [0, 0.1) is 0 Å². The smallest absolute Gasteiger partial charge is 0.261 e. The van der Waals surface area contributed by atoms with Gasteiger partial charge in [0.15, 0.2) is 0 Å². The molecule has 0 spiro atoms. The van der Waals surface area contributed by atoms with E-state index in [0.29, 0.717) is 0 Å². The van der Waals surface area contributed by atoms with Gasteiger partial charge in [-0.3, -0.25) is 4.79 Å². The van der Waals surface area contributed by atoms with Gasteiger partial charge in [-0.25, -0.2) is 15.1 Å². The third-order valence-corrected chi connectivity index (χ3v) is 2.79. The summed E-state index contributed by atoms with van der Waals surface area (Å²) >= 11 is 3.39. The van der Waals surface area contributed by atoms with E-state index in [1.807, 2.05) is 24.3 Å². The summed E-state index contributed by atoms with van der Waals surface area (Å²) in [6.45, 7) is 0.0906. The summed E-state index contributed by atoms with van der Waals surface area (Å²) in [6, 6.07) is 7.59. The number of nitrogens with zero attached hydrogens (tertiary/aromatic N) is 4. The number of carbonyl (C=O) groups is 1. The third kappa shape index (κ3) is 3.49. The molecule has 18 heavy (non-hydrogen) atoms. The summed E-state index contributed by atoms with van der Waals surface area (Å²) < 4.78 is 2.34. The molecule has 1 aromatic carbocycles. The van der Waals surface area contributed by atoms with Gasteiger partial charge in [0, 0.05) is 10.0 Å². The van der Waals surface area contributed by atoms with E-state index in [1.54, 1.807) is 6.21 Å². The number of carbonyl (C=O) groups excluding carboxylic acids is 1. The average molecular weight is 308 g/mol. The molecule has 92 valence electrons. The molecule has 0 unspecified atom stereocenters. The van der Waals surface area contributed by atoms with Crippen molar-refractivity contribution in [3.63, 3.8) is 0 Å². The summed E-state index contributed by atoms with van der Waals surface area (Å²) in [4.78, 5) is 15.2. The van der Waals surface area contributed by atoms with E-state index in [9.17, 15) is 4.79 Å². The monoisotopic (exact) mass is 307 g/mol. The van der Waals surface area contributed by atoms with Crippen LogP contribution in [0.3, 0.4) is 0 Å². The van der Waals surface area contributed by atoms with Crippen molar-refractivity contribution in [1.82, 2.24) is 20.2 Å². The molecule has 0 aliphatic rings. The van der Waals surface area contributed by atoms with E-state index >= 15 is 0 Å². The molecule has 7 heteroatoms. The molecule has 1 heterocycles. The van der Waals surface area contributed by atoms with Gasteiger partial charge >= 0.3 is 0 Å². The molecule has 0 fully saturated rings. The highest BCUT2D eigenvalue weighted by atomic mass is 79.9. The first-order valence-corrected chi connectivity index (χ1v) is 5.94. The SMILES string of the molecule is O=C(Cn1cncn1)N/N=C/c1ccccc1Br. The van der Waals surface area contributed by atoms with Gasteiger partial charge in [0.2, 0.25) is 0 Å². The lowest BCUT2D eigenvalue weighted by Gasteiger charge is -1.99. The van der Waals surface area contributed by atoms with Crippen molar-refractivity contribution in [2.24, 2.45) is 5.10 Å². The highest BCUT2D eigenvalue weighted by molar-refractivity contribution is 9.10. The molecule has 0 saturated heterocycles. The maximum Gasteiger partial charge on any atom is 0.261 e. The van der Waals surface area contributed by atoms with E-state index in [4.69, 9.17) is 0 Å². The number of halogens is 1. The average Bonchev–Trinajstić information content (AvgIpc) is 2.84. The van der Waals surface area contributed by atoms with Gasteiger partial charge in [-0.05, 0) is 6.07 Å². The predicted molar refractivity (Wildman–Crippen MR) is 69.9 cm³/mol. The van der Waals surface area contributed by atoms with Crippen LogP contribution in [-0.2, 0) is 11.3 Å². The Bertz CT molecular complexity index is 552. The van der Waals surface area contributed by atoms with Crippen molar-refractivity contribution < 1.29 is 4.79 Å². The number of aromatic nitrogens is 3. The first-order valence-electron chi connectivity index (χ1n) is 5.14. The van der Waals surface area contributed by atoms with Gasteiger partial charge in [-0.1, -0.05) is 34.1 Å². The normalized spacial score (nSPS) is 10.7. The summed E-state index contributed by atoms with van der Waals surface area (Å²) in [5, 5.41) is 7.69. The first-order chi connectivity index (χ1) is 8.75. The lowest BCUT2D eigenvalue weighted by atomic mass is 10.2. The Hall–Kier alpha value is -2.02. The van der Waals surface area contributed by atoms with Gasteiger partial charge in [-0.2, -0.15) is 10.2 Å². The van der Waals surface area contributed by atoms with Crippen LogP contribution in [0.2, 0.25) is 0 Å². The van der Waals surface area contributed by atoms with E-state index in [2.05, 4.69) is 36.5 Å². The van der Waals surface area contributed by atoms with Crippen molar-refractivity contribution in [3.8, 4) is 0 Å². The lowest BCUT2D eigenvalue weighted by Crippen LogP contribution is -2.23. The summed E-state index contributed by atoms with van der Waals surface area (Å²) in [7, 11) is 0. The Kier molecular flexibility index (Phi) is 4.19. The molecular weight excluding hydrogens is 298 g/mol. The van der Waals surface area contributed by atoms with Crippen molar-refractivity contribution in [2.45, 2.75) is 6.54 Å². The molecular formula is C11H10BrN5O. The second-order valence-corrected chi connectivity index (χ2v) is 4.26. The van der Waals surface area contributed by atoms with Crippen molar-refractivity contribution in [3.05, 3.63) is 47.0 Å². The van der Waals surface area contributed by atoms with Gasteiger partial charge in [0.1, 0.15) is 19.2 Å². The largest absolute Gasteiger partial charge is 0.271 e. The highest BCUT2D eigenvalue weighted by Gasteiger charge is 2.01. The van der Waals surface area contributed by atoms with Crippen LogP contribution in [0.25, 0.3) is 0 Å². The van der Waals surface area contributed by atoms with Crippen LogP contribution in [0.5, 0.6) is 0 Å². The molecule has 0 aliphatic heterocycles. The number of hydrogen-bond donors (Lipinski definition) is 1. The van der Waals surface area contributed by atoms with Crippen LogP contribution in [0.1, 0.15) is 5.56 Å². The summed E-state index contributed by atoms with van der Waals surface area (Å²) in [5.74, 6) is -0.260. The van der Waals surface area contributed by atoms with Crippen LogP contribution < -0.4 is 5.43 Å². The van der Waals surface area contributed by atoms with E-state index in [-0.39, 0.29) is 12.5 Å². The lowest BCUT2D eigenvalue weighted by molar-refractivity contribution is -0.121. The fourth-order valence-corrected chi connectivity index (χ4v) is 1.64. The Morgan fingerprint density at radius 3 is 3.06 bits per heavy atom. The molecule has 0 atom stereocenters. The number of hydrazone groups is 1. The molecule has 0 aliphatic carbocycles. The molecule has 0 saturated carbocycles. The Morgan fingerprint density at radius 2 is 2.33 bits per heavy atom. The van der Waals surface area contributed by atoms with Crippen LogP contribution in [0.15, 0.2) is 46.5 Å². The van der Waals surface area contributed by atoms with Crippen LogP contribution >= 0.6 is 15.9 Å². The fourth-order valence-electron chi connectivity index (χ4n) is 1.25. The Balaban J connectivity index is 1.88. The number of nitrogens with one attached hydrogen (secondary N) is 1. The Labute approximate surface area is 112 Å². The molecule has 6 nitrogen and oxygen atoms in total. The topological polar surface area (TPSA) is 72.2 Å². The van der Waals surface area contributed by atoms with Crippen molar-refractivity contribution >= 4 is 28.1 Å². The van der Waals surface area contributed by atoms with E-state index < -0.39 is 0 Å². The molecule has 0 bridgehead atoms. The van der Waals surface area contributed by atoms with Gasteiger partial charge in [0.25, 0.3) is 5.91 Å². The zero-order chi connectivity index (χ0) is 12.8.